The largest absolute Gasteiger partial charge is 0.393 e. The molecule has 0 spiro atoms. The monoisotopic (exact) mass is 294 g/mol. The average Bonchev–Trinajstić information content (AvgIpc) is 2.81. The van der Waals surface area contributed by atoms with Gasteiger partial charge in [0.25, 0.3) is 0 Å². The van der Waals surface area contributed by atoms with E-state index in [1.807, 2.05) is 6.07 Å². The molecule has 0 radical (unpaired) electrons. The van der Waals surface area contributed by atoms with Gasteiger partial charge in [-0.15, -0.1) is 0 Å². The number of aliphatic hydroxyl groups excluding tert-OH is 1. The normalized spacial score (nSPS) is 22.6. The molecule has 0 bridgehead atoms. The number of aryl methyl sites for hydroxylation is 1. The zero-order valence-corrected chi connectivity index (χ0v) is 12.2. The molecule has 108 valence electrons. The smallest absolute Gasteiger partial charge is 0.240 e. The Kier molecular flexibility index (Phi) is 4.43. The van der Waals surface area contributed by atoms with E-state index in [-0.39, 0.29) is 17.4 Å². The number of nitriles is 1. The van der Waals surface area contributed by atoms with Crippen LogP contribution in [-0.4, -0.2) is 26.2 Å². The van der Waals surface area contributed by atoms with Crippen molar-refractivity contribution in [2.24, 2.45) is 5.92 Å². The van der Waals surface area contributed by atoms with Crippen molar-refractivity contribution in [3.8, 4) is 6.07 Å². The predicted octanol–water partition coefficient (Wildman–Crippen LogP) is 1.31. The number of benzene rings is 1. The minimum Gasteiger partial charge on any atom is -0.393 e. The molecule has 0 aromatic heterocycles. The molecule has 1 aliphatic rings. The highest BCUT2D eigenvalue weighted by Crippen LogP contribution is 2.25. The highest BCUT2D eigenvalue weighted by Gasteiger charge is 2.27. The molecule has 5 nitrogen and oxygen atoms in total. The fraction of sp³-hybridized carbons (Fsp3) is 0.500. The molecule has 1 fully saturated rings. The maximum absolute atomic E-state index is 12.2. The summed E-state index contributed by atoms with van der Waals surface area (Å²) in [6.07, 6.45) is 2.10. The molecule has 20 heavy (non-hydrogen) atoms. The van der Waals surface area contributed by atoms with Crippen LogP contribution in [0.3, 0.4) is 0 Å². The SMILES string of the molecule is Cc1cc(C#N)ccc1S(=O)(=O)NCC1CCCC1O. The minimum absolute atomic E-state index is 0.0107. The van der Waals surface area contributed by atoms with Crippen LogP contribution in [0.25, 0.3) is 0 Å². The van der Waals surface area contributed by atoms with Gasteiger partial charge < -0.3 is 5.11 Å². The topological polar surface area (TPSA) is 90.2 Å². The van der Waals surface area contributed by atoms with E-state index in [2.05, 4.69) is 4.72 Å². The van der Waals surface area contributed by atoms with Gasteiger partial charge in [-0.3, -0.25) is 0 Å². The van der Waals surface area contributed by atoms with Crippen molar-refractivity contribution in [1.29, 1.82) is 5.26 Å². The van der Waals surface area contributed by atoms with Crippen molar-refractivity contribution in [3.63, 3.8) is 0 Å². The second-order valence-corrected chi connectivity index (χ2v) is 6.94. The van der Waals surface area contributed by atoms with E-state index in [0.717, 1.165) is 19.3 Å². The van der Waals surface area contributed by atoms with Crippen LogP contribution in [0, 0.1) is 24.2 Å². The van der Waals surface area contributed by atoms with Gasteiger partial charge in [0.15, 0.2) is 0 Å². The van der Waals surface area contributed by atoms with Crippen LogP contribution in [0.5, 0.6) is 0 Å². The van der Waals surface area contributed by atoms with Gasteiger partial charge >= 0.3 is 0 Å². The summed E-state index contributed by atoms with van der Waals surface area (Å²) in [6.45, 7) is 1.92. The molecule has 2 atom stereocenters. The lowest BCUT2D eigenvalue weighted by molar-refractivity contribution is 0.134. The van der Waals surface area contributed by atoms with E-state index in [4.69, 9.17) is 5.26 Å². The van der Waals surface area contributed by atoms with Crippen LogP contribution in [0.2, 0.25) is 0 Å². The number of rotatable bonds is 4. The van der Waals surface area contributed by atoms with Crippen molar-refractivity contribution >= 4 is 10.0 Å². The Hall–Kier alpha value is -1.42. The molecule has 1 aromatic carbocycles. The number of nitrogens with one attached hydrogen (secondary N) is 1. The first-order valence-electron chi connectivity index (χ1n) is 6.62. The molecule has 0 heterocycles. The third-order valence-electron chi connectivity index (χ3n) is 3.75. The number of hydrogen-bond donors (Lipinski definition) is 2. The zero-order valence-electron chi connectivity index (χ0n) is 11.3. The van der Waals surface area contributed by atoms with Gasteiger partial charge in [-0.2, -0.15) is 5.26 Å². The first-order valence-corrected chi connectivity index (χ1v) is 8.11. The summed E-state index contributed by atoms with van der Waals surface area (Å²) >= 11 is 0. The van der Waals surface area contributed by atoms with E-state index in [9.17, 15) is 13.5 Å². The fourth-order valence-electron chi connectivity index (χ4n) is 2.57. The fourth-order valence-corrected chi connectivity index (χ4v) is 3.89. The van der Waals surface area contributed by atoms with Crippen LogP contribution in [0.1, 0.15) is 30.4 Å². The summed E-state index contributed by atoms with van der Waals surface area (Å²) in [6, 6.07) is 6.47. The molecule has 2 rings (SSSR count). The van der Waals surface area contributed by atoms with Crippen molar-refractivity contribution in [3.05, 3.63) is 29.3 Å². The van der Waals surface area contributed by atoms with Crippen LogP contribution in [0.15, 0.2) is 23.1 Å². The van der Waals surface area contributed by atoms with Gasteiger partial charge in [0.1, 0.15) is 0 Å². The first-order chi connectivity index (χ1) is 9.44. The Labute approximate surface area is 119 Å². The van der Waals surface area contributed by atoms with Gasteiger partial charge in [-0.1, -0.05) is 6.42 Å². The van der Waals surface area contributed by atoms with E-state index in [1.54, 1.807) is 13.0 Å². The lowest BCUT2D eigenvalue weighted by Crippen LogP contribution is -2.32. The third kappa shape index (κ3) is 3.18. The molecule has 2 N–H and O–H groups in total. The molecule has 6 heteroatoms. The Balaban J connectivity index is 2.12. The van der Waals surface area contributed by atoms with Crippen molar-refractivity contribution in [2.75, 3.05) is 6.54 Å². The number of sulfonamides is 1. The highest BCUT2D eigenvalue weighted by atomic mass is 32.2. The molecular formula is C14H18N2O3S. The molecule has 2 unspecified atom stereocenters. The second kappa shape index (κ2) is 5.92. The Morgan fingerprint density at radius 1 is 1.45 bits per heavy atom. The van der Waals surface area contributed by atoms with Crippen molar-refractivity contribution in [1.82, 2.24) is 4.72 Å². The van der Waals surface area contributed by atoms with E-state index < -0.39 is 16.1 Å². The summed E-state index contributed by atoms with van der Waals surface area (Å²) in [5.41, 5.74) is 0.983. The molecule has 1 aliphatic carbocycles. The van der Waals surface area contributed by atoms with E-state index in [1.165, 1.54) is 12.1 Å². The highest BCUT2D eigenvalue weighted by molar-refractivity contribution is 7.89. The minimum atomic E-state index is -3.60. The van der Waals surface area contributed by atoms with E-state index in [0.29, 0.717) is 11.1 Å². The maximum Gasteiger partial charge on any atom is 0.240 e. The number of nitrogens with zero attached hydrogens (tertiary/aromatic N) is 1. The summed E-state index contributed by atoms with van der Waals surface area (Å²) in [5, 5.41) is 18.5. The molecule has 1 saturated carbocycles. The predicted molar refractivity (Wildman–Crippen MR) is 74.4 cm³/mol. The Bertz CT molecular complexity index is 634. The summed E-state index contributed by atoms with van der Waals surface area (Å²) in [7, 11) is -3.60. The second-order valence-electron chi connectivity index (χ2n) is 5.20. The number of aliphatic hydroxyl groups is 1. The van der Waals surface area contributed by atoms with Gasteiger partial charge in [0, 0.05) is 6.54 Å². The number of hydrogen-bond acceptors (Lipinski definition) is 4. The molecule has 0 amide bonds. The van der Waals surface area contributed by atoms with Crippen molar-refractivity contribution < 1.29 is 13.5 Å². The standard InChI is InChI=1S/C14H18N2O3S/c1-10-7-11(8-15)5-6-14(10)20(18,19)16-9-12-3-2-4-13(12)17/h5-7,12-13,16-17H,2-4,9H2,1H3. The molecule has 1 aromatic rings. The lowest BCUT2D eigenvalue weighted by Gasteiger charge is -2.16. The average molecular weight is 294 g/mol. The van der Waals surface area contributed by atoms with Gasteiger partial charge in [-0.25, -0.2) is 13.1 Å². The summed E-state index contributed by atoms with van der Waals surface area (Å²) in [5.74, 6) is -0.0107. The maximum atomic E-state index is 12.2. The quantitative estimate of drug-likeness (QED) is 0.876. The van der Waals surface area contributed by atoms with Gasteiger partial charge in [-0.05, 0) is 49.4 Å². The zero-order chi connectivity index (χ0) is 14.8. The summed E-state index contributed by atoms with van der Waals surface area (Å²) in [4.78, 5) is 0.184. The summed E-state index contributed by atoms with van der Waals surface area (Å²) < 4.78 is 27.0. The Morgan fingerprint density at radius 3 is 2.75 bits per heavy atom. The van der Waals surface area contributed by atoms with Crippen molar-refractivity contribution in [2.45, 2.75) is 37.2 Å². The van der Waals surface area contributed by atoms with Crippen LogP contribution in [-0.2, 0) is 10.0 Å². The molecule has 0 aliphatic heterocycles. The third-order valence-corrected chi connectivity index (χ3v) is 5.33. The van der Waals surface area contributed by atoms with E-state index >= 15 is 0 Å². The molecular weight excluding hydrogens is 276 g/mol. The lowest BCUT2D eigenvalue weighted by atomic mass is 10.1. The van der Waals surface area contributed by atoms with Gasteiger partial charge in [0.05, 0.1) is 22.6 Å². The van der Waals surface area contributed by atoms with Crippen LogP contribution < -0.4 is 4.72 Å². The Morgan fingerprint density at radius 2 is 2.20 bits per heavy atom. The van der Waals surface area contributed by atoms with Crippen LogP contribution >= 0.6 is 0 Å². The van der Waals surface area contributed by atoms with Crippen LogP contribution in [0.4, 0.5) is 0 Å². The molecule has 0 saturated heterocycles. The van der Waals surface area contributed by atoms with Gasteiger partial charge in [0.2, 0.25) is 10.0 Å². The first kappa shape index (κ1) is 15.0.